The molecular weight excluding hydrogens is 254 g/mol. The van der Waals surface area contributed by atoms with Crippen LogP contribution in [0.3, 0.4) is 0 Å². The molecule has 1 aromatic carbocycles. The number of nitrogens with zero attached hydrogens (tertiary/aromatic N) is 1. The molecule has 0 fully saturated rings. The van der Waals surface area contributed by atoms with Crippen molar-refractivity contribution in [1.82, 2.24) is 0 Å². The number of aryl methyl sites for hydroxylation is 2. The molecule has 0 aliphatic carbocycles. The quantitative estimate of drug-likeness (QED) is 0.834. The van der Waals surface area contributed by atoms with E-state index in [0.717, 1.165) is 31.5 Å². The average Bonchev–Trinajstić information content (AvgIpc) is 2.97. The summed E-state index contributed by atoms with van der Waals surface area (Å²) in [5.41, 5.74) is 3.69. The summed E-state index contributed by atoms with van der Waals surface area (Å²) in [6.07, 6.45) is 3.61. The zero-order valence-corrected chi connectivity index (χ0v) is 11.7. The van der Waals surface area contributed by atoms with Crippen molar-refractivity contribution in [2.24, 2.45) is 0 Å². The number of carbonyl (C=O) groups is 1. The van der Waals surface area contributed by atoms with Gasteiger partial charge in [-0.25, -0.2) is 0 Å². The van der Waals surface area contributed by atoms with Gasteiger partial charge in [0, 0.05) is 18.7 Å². The fourth-order valence-electron chi connectivity index (χ4n) is 2.61. The number of anilines is 1. The van der Waals surface area contributed by atoms with Crippen molar-refractivity contribution in [3.05, 3.63) is 52.2 Å². The molecule has 0 atom stereocenters. The fraction of sp³-hybridized carbons (Fsp3) is 0.312. The van der Waals surface area contributed by atoms with Gasteiger partial charge in [0.2, 0.25) is 5.91 Å². The van der Waals surface area contributed by atoms with Gasteiger partial charge in [0.05, 0.1) is 0 Å². The molecule has 0 bridgehead atoms. The second kappa shape index (κ2) is 5.57. The molecule has 0 saturated heterocycles. The number of thiophene rings is 1. The zero-order chi connectivity index (χ0) is 13.1. The van der Waals surface area contributed by atoms with Gasteiger partial charge in [0.15, 0.2) is 0 Å². The van der Waals surface area contributed by atoms with Crippen LogP contribution in [0.2, 0.25) is 0 Å². The second-order valence-electron chi connectivity index (χ2n) is 4.91. The third kappa shape index (κ3) is 2.71. The molecule has 0 radical (unpaired) electrons. The van der Waals surface area contributed by atoms with E-state index in [-0.39, 0.29) is 5.91 Å². The highest BCUT2D eigenvalue weighted by atomic mass is 32.1. The maximum absolute atomic E-state index is 12.4. The fourth-order valence-corrected chi connectivity index (χ4v) is 3.32. The summed E-state index contributed by atoms with van der Waals surface area (Å²) in [5.74, 6) is 0.248. The number of fused-ring (bicyclic) bond motifs is 1. The van der Waals surface area contributed by atoms with Crippen LogP contribution in [0.5, 0.6) is 0 Å². The van der Waals surface area contributed by atoms with Gasteiger partial charge in [0.25, 0.3) is 0 Å². The monoisotopic (exact) mass is 271 g/mol. The van der Waals surface area contributed by atoms with E-state index in [0.29, 0.717) is 6.42 Å². The largest absolute Gasteiger partial charge is 0.312 e. The zero-order valence-electron chi connectivity index (χ0n) is 10.8. The number of carbonyl (C=O) groups excluding carboxylic acids is 1. The number of rotatable bonds is 3. The molecule has 0 N–H and O–H groups in total. The van der Waals surface area contributed by atoms with Crippen LogP contribution in [-0.4, -0.2) is 12.5 Å². The molecule has 0 spiro atoms. The first-order valence-corrected chi connectivity index (χ1v) is 7.68. The molecule has 0 unspecified atom stereocenters. The van der Waals surface area contributed by atoms with Crippen molar-refractivity contribution in [2.75, 3.05) is 11.4 Å². The lowest BCUT2D eigenvalue weighted by molar-refractivity contribution is -0.118. The highest BCUT2D eigenvalue weighted by Gasteiger charge is 2.21. The summed E-state index contributed by atoms with van der Waals surface area (Å²) in [6.45, 7) is 0.861. The predicted octanol–water partition coefficient (Wildman–Crippen LogP) is 3.66. The third-order valence-corrected chi connectivity index (χ3v) is 4.35. The lowest BCUT2D eigenvalue weighted by atomic mass is 10.0. The van der Waals surface area contributed by atoms with E-state index in [1.165, 1.54) is 11.1 Å². The number of hydrogen-bond acceptors (Lipinski definition) is 2. The molecule has 1 aromatic heterocycles. The number of para-hydroxylation sites is 1. The smallest absolute Gasteiger partial charge is 0.227 e. The molecule has 19 heavy (non-hydrogen) atoms. The molecule has 2 nitrogen and oxygen atoms in total. The molecule has 1 aliphatic rings. The van der Waals surface area contributed by atoms with Crippen molar-refractivity contribution in [3.8, 4) is 0 Å². The molecule has 3 rings (SSSR count). The lowest BCUT2D eigenvalue weighted by Crippen LogP contribution is -2.35. The van der Waals surface area contributed by atoms with Crippen LogP contribution in [0.15, 0.2) is 41.1 Å². The molecule has 0 saturated carbocycles. The molecule has 2 heterocycles. The van der Waals surface area contributed by atoms with Crippen molar-refractivity contribution in [3.63, 3.8) is 0 Å². The number of amides is 1. The first-order chi connectivity index (χ1) is 9.34. The Morgan fingerprint density at radius 3 is 3.00 bits per heavy atom. The highest BCUT2D eigenvalue weighted by molar-refractivity contribution is 7.07. The summed E-state index contributed by atoms with van der Waals surface area (Å²) in [4.78, 5) is 14.3. The standard InChI is InChI=1S/C16H17NOS/c18-16(8-7-13-9-11-19-12-13)17-10-3-5-14-4-1-2-6-15(14)17/h1-2,4,6,9,11-12H,3,5,7-8,10H2. The Morgan fingerprint density at radius 1 is 1.26 bits per heavy atom. The van der Waals surface area contributed by atoms with Gasteiger partial charge in [-0.15, -0.1) is 0 Å². The Balaban J connectivity index is 1.71. The highest BCUT2D eigenvalue weighted by Crippen LogP contribution is 2.27. The van der Waals surface area contributed by atoms with Crippen LogP contribution in [0.1, 0.15) is 24.0 Å². The maximum Gasteiger partial charge on any atom is 0.227 e. The van der Waals surface area contributed by atoms with Crippen molar-refractivity contribution in [1.29, 1.82) is 0 Å². The van der Waals surface area contributed by atoms with E-state index in [1.807, 2.05) is 11.0 Å². The van der Waals surface area contributed by atoms with E-state index >= 15 is 0 Å². The Hall–Kier alpha value is -1.61. The Bertz CT molecular complexity index is 562. The molecule has 1 amide bonds. The van der Waals surface area contributed by atoms with Crippen LogP contribution in [0.4, 0.5) is 5.69 Å². The first kappa shape index (κ1) is 12.4. The SMILES string of the molecule is O=C(CCc1ccsc1)N1CCCc2ccccc21. The van der Waals surface area contributed by atoms with Crippen LogP contribution in [0.25, 0.3) is 0 Å². The molecular formula is C16H17NOS. The summed E-state index contributed by atoms with van der Waals surface area (Å²) < 4.78 is 0. The van der Waals surface area contributed by atoms with Gasteiger partial charge >= 0.3 is 0 Å². The van der Waals surface area contributed by atoms with Crippen LogP contribution in [-0.2, 0) is 17.6 Å². The minimum absolute atomic E-state index is 0.248. The summed E-state index contributed by atoms with van der Waals surface area (Å²) in [7, 11) is 0. The van der Waals surface area contributed by atoms with Gasteiger partial charge in [-0.05, 0) is 53.3 Å². The normalized spacial score (nSPS) is 14.2. The van der Waals surface area contributed by atoms with Gasteiger partial charge in [-0.2, -0.15) is 11.3 Å². The van der Waals surface area contributed by atoms with E-state index in [2.05, 4.69) is 35.0 Å². The molecule has 1 aliphatic heterocycles. The third-order valence-electron chi connectivity index (χ3n) is 3.62. The molecule has 3 heteroatoms. The van der Waals surface area contributed by atoms with Crippen LogP contribution >= 0.6 is 11.3 Å². The Kier molecular flexibility index (Phi) is 3.65. The van der Waals surface area contributed by atoms with Crippen molar-refractivity contribution in [2.45, 2.75) is 25.7 Å². The van der Waals surface area contributed by atoms with E-state index in [9.17, 15) is 4.79 Å². The van der Waals surface area contributed by atoms with Crippen LogP contribution < -0.4 is 4.90 Å². The maximum atomic E-state index is 12.4. The number of hydrogen-bond donors (Lipinski definition) is 0. The first-order valence-electron chi connectivity index (χ1n) is 6.74. The average molecular weight is 271 g/mol. The second-order valence-corrected chi connectivity index (χ2v) is 5.69. The minimum atomic E-state index is 0.248. The molecule has 2 aromatic rings. The van der Waals surface area contributed by atoms with E-state index in [1.54, 1.807) is 11.3 Å². The Morgan fingerprint density at radius 2 is 2.16 bits per heavy atom. The summed E-state index contributed by atoms with van der Waals surface area (Å²) in [5, 5.41) is 4.19. The summed E-state index contributed by atoms with van der Waals surface area (Å²) in [6, 6.07) is 10.4. The number of benzene rings is 1. The minimum Gasteiger partial charge on any atom is -0.312 e. The molecule has 98 valence electrons. The lowest BCUT2D eigenvalue weighted by Gasteiger charge is -2.29. The van der Waals surface area contributed by atoms with Crippen LogP contribution in [0, 0.1) is 0 Å². The van der Waals surface area contributed by atoms with Gasteiger partial charge < -0.3 is 4.90 Å². The Labute approximate surface area is 117 Å². The van der Waals surface area contributed by atoms with E-state index < -0.39 is 0 Å². The van der Waals surface area contributed by atoms with Gasteiger partial charge in [-0.1, -0.05) is 18.2 Å². The van der Waals surface area contributed by atoms with Crippen molar-refractivity contribution >= 4 is 22.9 Å². The van der Waals surface area contributed by atoms with E-state index in [4.69, 9.17) is 0 Å². The predicted molar refractivity (Wildman–Crippen MR) is 79.8 cm³/mol. The van der Waals surface area contributed by atoms with Gasteiger partial charge in [-0.3, -0.25) is 4.79 Å². The topological polar surface area (TPSA) is 20.3 Å². The summed E-state index contributed by atoms with van der Waals surface area (Å²) >= 11 is 1.69. The van der Waals surface area contributed by atoms with Crippen molar-refractivity contribution < 1.29 is 4.79 Å². The van der Waals surface area contributed by atoms with Gasteiger partial charge in [0.1, 0.15) is 0 Å².